The van der Waals surface area contributed by atoms with Crippen molar-refractivity contribution in [3.63, 3.8) is 0 Å². The molecule has 0 spiro atoms. The van der Waals surface area contributed by atoms with E-state index in [1.807, 2.05) is 0 Å². The number of ether oxygens (including phenoxy) is 2. The highest BCUT2D eigenvalue weighted by atomic mass is 16.6. The number of hydrogen-bond acceptors (Lipinski definition) is 3. The Morgan fingerprint density at radius 3 is 2.52 bits per heavy atom. The van der Waals surface area contributed by atoms with Gasteiger partial charge in [0.15, 0.2) is 5.72 Å². The summed E-state index contributed by atoms with van der Waals surface area (Å²) in [4.78, 5) is 13.2. The van der Waals surface area contributed by atoms with E-state index in [2.05, 4.69) is 69.9 Å². The molecule has 3 aromatic carbocycles. The Hall–Kier alpha value is -3.35. The molecule has 8 rings (SSSR count). The molecule has 5 heterocycles. The number of nitrogens with zero attached hydrogens (tertiary/aromatic N) is 2. The first-order valence-electron chi connectivity index (χ1n) is 11.6. The molecular formula is C27H23N3O3. The molecule has 5 aromatic rings. The molecule has 0 saturated carbocycles. The number of benzene rings is 3. The molecule has 3 aliphatic heterocycles. The number of fused-ring (bicyclic) bond motifs is 13. The number of rotatable bonds is 1. The smallest absolute Gasteiger partial charge is 0.252 e. The maximum atomic E-state index is 13.2. The summed E-state index contributed by atoms with van der Waals surface area (Å²) in [6, 6.07) is 16.9. The van der Waals surface area contributed by atoms with Crippen molar-refractivity contribution < 1.29 is 14.3 Å². The number of amides is 1. The van der Waals surface area contributed by atoms with Crippen LogP contribution in [0.5, 0.6) is 0 Å². The molecule has 164 valence electrons. The second kappa shape index (κ2) is 5.76. The number of nitrogens with one attached hydrogen (secondary N) is 1. The molecule has 2 aromatic heterocycles. The Balaban J connectivity index is 1.76. The van der Waals surface area contributed by atoms with Crippen LogP contribution in [0.25, 0.3) is 43.6 Å². The molecule has 3 aliphatic rings. The maximum Gasteiger partial charge on any atom is 0.252 e. The number of carbonyl (C=O) groups excluding carboxylic acids is 1. The third-order valence-electron chi connectivity index (χ3n) is 8.18. The molecule has 6 nitrogen and oxygen atoms in total. The van der Waals surface area contributed by atoms with Crippen molar-refractivity contribution >= 4 is 49.5 Å². The van der Waals surface area contributed by atoms with Crippen LogP contribution in [0.1, 0.15) is 41.9 Å². The van der Waals surface area contributed by atoms with Crippen molar-refractivity contribution in [3.8, 4) is 0 Å². The highest BCUT2D eigenvalue weighted by Crippen LogP contribution is 2.53. The SMILES string of the molecule is CO[C@H]1CC[C@H]2O[C@@]1(C)n1c3ccccc3c3c4c(c5c6ccccc6n2c5c31)C(=O)NC4. The van der Waals surface area contributed by atoms with Gasteiger partial charge in [0, 0.05) is 35.2 Å². The molecule has 1 amide bonds. The van der Waals surface area contributed by atoms with E-state index in [4.69, 9.17) is 9.47 Å². The highest BCUT2D eigenvalue weighted by molar-refractivity contribution is 6.30. The molecule has 2 bridgehead atoms. The van der Waals surface area contributed by atoms with E-state index < -0.39 is 5.72 Å². The van der Waals surface area contributed by atoms with Crippen molar-refractivity contribution in [2.75, 3.05) is 7.11 Å². The highest BCUT2D eigenvalue weighted by Gasteiger charge is 2.49. The van der Waals surface area contributed by atoms with Crippen molar-refractivity contribution in [3.05, 3.63) is 59.7 Å². The second-order valence-corrected chi connectivity index (χ2v) is 9.65. The van der Waals surface area contributed by atoms with Crippen LogP contribution in [0.15, 0.2) is 48.5 Å². The van der Waals surface area contributed by atoms with Gasteiger partial charge in [-0.05, 0) is 37.5 Å². The van der Waals surface area contributed by atoms with Gasteiger partial charge in [-0.1, -0.05) is 36.4 Å². The van der Waals surface area contributed by atoms with Gasteiger partial charge in [-0.25, -0.2) is 0 Å². The van der Waals surface area contributed by atoms with Crippen molar-refractivity contribution in [2.24, 2.45) is 0 Å². The van der Waals surface area contributed by atoms with Gasteiger partial charge >= 0.3 is 0 Å². The largest absolute Gasteiger partial charge is 0.376 e. The summed E-state index contributed by atoms with van der Waals surface area (Å²) < 4.78 is 17.7. The van der Waals surface area contributed by atoms with Crippen LogP contribution in [0.2, 0.25) is 0 Å². The van der Waals surface area contributed by atoms with Crippen LogP contribution < -0.4 is 5.32 Å². The molecule has 0 radical (unpaired) electrons. The lowest BCUT2D eigenvalue weighted by atomic mass is 9.96. The van der Waals surface area contributed by atoms with Crippen LogP contribution in [0.4, 0.5) is 0 Å². The summed E-state index contributed by atoms with van der Waals surface area (Å²) in [5.41, 5.74) is 5.72. The summed E-state index contributed by atoms with van der Waals surface area (Å²) in [6.45, 7) is 2.71. The Kier molecular flexibility index (Phi) is 3.16. The molecular weight excluding hydrogens is 414 g/mol. The summed E-state index contributed by atoms with van der Waals surface area (Å²) in [6.07, 6.45) is 1.54. The number of carbonyl (C=O) groups is 1. The number of hydrogen-bond donors (Lipinski definition) is 1. The molecule has 1 fully saturated rings. The van der Waals surface area contributed by atoms with Crippen LogP contribution in [0, 0.1) is 0 Å². The third-order valence-corrected chi connectivity index (χ3v) is 8.18. The average molecular weight is 437 g/mol. The minimum atomic E-state index is -0.670. The first-order valence-corrected chi connectivity index (χ1v) is 11.6. The minimum Gasteiger partial charge on any atom is -0.376 e. The van der Waals surface area contributed by atoms with E-state index in [-0.39, 0.29) is 18.2 Å². The fourth-order valence-corrected chi connectivity index (χ4v) is 6.93. The van der Waals surface area contributed by atoms with Gasteiger partial charge in [-0.15, -0.1) is 0 Å². The second-order valence-electron chi connectivity index (χ2n) is 9.65. The number of methoxy groups -OCH3 is 1. The van der Waals surface area contributed by atoms with Gasteiger partial charge in [-0.3, -0.25) is 4.79 Å². The summed E-state index contributed by atoms with van der Waals surface area (Å²) >= 11 is 0. The normalized spacial score (nSPS) is 25.9. The Labute approximate surface area is 189 Å². The van der Waals surface area contributed by atoms with Gasteiger partial charge < -0.3 is 23.9 Å². The lowest BCUT2D eigenvalue weighted by molar-refractivity contribution is -0.247. The first kappa shape index (κ1) is 18.1. The number of aromatic nitrogens is 2. The quantitative estimate of drug-likeness (QED) is 0.394. The predicted octanol–water partition coefficient (Wildman–Crippen LogP) is 5.16. The van der Waals surface area contributed by atoms with Crippen molar-refractivity contribution in [2.45, 2.75) is 44.4 Å². The zero-order valence-electron chi connectivity index (χ0n) is 18.5. The molecule has 3 atom stereocenters. The maximum absolute atomic E-state index is 13.2. The van der Waals surface area contributed by atoms with Crippen LogP contribution in [0.3, 0.4) is 0 Å². The van der Waals surface area contributed by atoms with E-state index in [1.165, 1.54) is 0 Å². The Bertz CT molecular complexity index is 1690. The molecule has 1 N–H and O–H groups in total. The van der Waals surface area contributed by atoms with Crippen molar-refractivity contribution in [1.82, 2.24) is 14.5 Å². The molecule has 0 unspecified atom stereocenters. The molecule has 1 saturated heterocycles. The molecule has 6 heteroatoms. The van der Waals surface area contributed by atoms with Crippen LogP contribution in [-0.4, -0.2) is 28.3 Å². The van der Waals surface area contributed by atoms with E-state index >= 15 is 0 Å². The first-order chi connectivity index (χ1) is 16.1. The van der Waals surface area contributed by atoms with E-state index in [9.17, 15) is 4.79 Å². The van der Waals surface area contributed by atoms with Gasteiger partial charge in [-0.2, -0.15) is 0 Å². The van der Waals surface area contributed by atoms with Gasteiger partial charge in [0.25, 0.3) is 5.91 Å². The van der Waals surface area contributed by atoms with Gasteiger partial charge in [0.1, 0.15) is 12.3 Å². The van der Waals surface area contributed by atoms with Crippen LogP contribution >= 0.6 is 0 Å². The Morgan fingerprint density at radius 2 is 1.73 bits per heavy atom. The lowest BCUT2D eigenvalue weighted by Crippen LogP contribution is -2.49. The van der Waals surface area contributed by atoms with E-state index in [1.54, 1.807) is 7.11 Å². The summed E-state index contributed by atoms with van der Waals surface area (Å²) in [5.74, 6) is 0.0146. The third kappa shape index (κ3) is 1.89. The van der Waals surface area contributed by atoms with Gasteiger partial charge in [0.05, 0.1) is 27.6 Å². The summed E-state index contributed by atoms with van der Waals surface area (Å²) in [5, 5.41) is 7.58. The average Bonchev–Trinajstić information content (AvgIpc) is 3.46. The topological polar surface area (TPSA) is 57.4 Å². The summed E-state index contributed by atoms with van der Waals surface area (Å²) in [7, 11) is 1.78. The lowest BCUT2D eigenvalue weighted by Gasteiger charge is -2.44. The van der Waals surface area contributed by atoms with Gasteiger partial charge in [0.2, 0.25) is 0 Å². The monoisotopic (exact) mass is 437 g/mol. The molecule has 0 aliphatic carbocycles. The fourth-order valence-electron chi connectivity index (χ4n) is 6.93. The van der Waals surface area contributed by atoms with E-state index in [0.717, 1.165) is 67.6 Å². The standard InChI is InChI=1S/C27H23N3O3/c1-27-19(32-2)11-12-20(33-27)29-17-9-5-3-7-14(17)22-23-16(13-28-26(23)31)21-15-8-4-6-10-18(15)30(27)25(21)24(22)29/h3-10,19-20H,11-13H2,1-2H3,(H,28,31)/t19-,20+,27+/m0/s1. The zero-order valence-corrected chi connectivity index (χ0v) is 18.5. The predicted molar refractivity (Wildman–Crippen MR) is 127 cm³/mol. The van der Waals surface area contributed by atoms with E-state index in [0.29, 0.717) is 6.54 Å². The van der Waals surface area contributed by atoms with Crippen molar-refractivity contribution in [1.29, 1.82) is 0 Å². The molecule has 33 heavy (non-hydrogen) atoms. The minimum absolute atomic E-state index is 0.0146. The Morgan fingerprint density at radius 1 is 1.00 bits per heavy atom. The fraction of sp³-hybridized carbons (Fsp3) is 0.296. The zero-order chi connectivity index (χ0) is 22.1. The van der Waals surface area contributed by atoms with Crippen LogP contribution in [-0.2, 0) is 21.7 Å². The number of para-hydroxylation sites is 2.